The number of nitrogens with one attached hydrogen (secondary N) is 1. The SMILES string of the molecule is Cc1cccc(CC(NC(=O)C(F)(F)F)C(=O)O)c1. The Kier molecular flexibility index (Phi) is 4.52. The summed E-state index contributed by atoms with van der Waals surface area (Å²) in [5.74, 6) is -3.77. The molecule has 0 heterocycles. The van der Waals surface area contributed by atoms with Crippen LogP contribution in [0, 0.1) is 6.92 Å². The molecule has 1 aromatic rings. The van der Waals surface area contributed by atoms with E-state index in [0.717, 1.165) is 5.56 Å². The summed E-state index contributed by atoms with van der Waals surface area (Å²) in [6, 6.07) is 5.05. The van der Waals surface area contributed by atoms with Gasteiger partial charge in [0.25, 0.3) is 0 Å². The average molecular weight is 275 g/mol. The molecule has 0 aliphatic heterocycles. The van der Waals surface area contributed by atoms with Gasteiger partial charge in [-0.1, -0.05) is 29.8 Å². The van der Waals surface area contributed by atoms with Crippen LogP contribution in [-0.4, -0.2) is 29.2 Å². The number of carboxylic acid groups (broad SMARTS) is 1. The van der Waals surface area contributed by atoms with E-state index < -0.39 is 24.1 Å². The van der Waals surface area contributed by atoms with E-state index >= 15 is 0 Å². The third kappa shape index (κ3) is 4.61. The minimum atomic E-state index is -5.10. The largest absolute Gasteiger partial charge is 0.480 e. The molecule has 0 spiro atoms. The van der Waals surface area contributed by atoms with Crippen LogP contribution in [0.3, 0.4) is 0 Å². The number of hydrogen-bond donors (Lipinski definition) is 2. The van der Waals surface area contributed by atoms with Crippen molar-refractivity contribution in [1.82, 2.24) is 5.32 Å². The number of carbonyl (C=O) groups is 2. The van der Waals surface area contributed by atoms with Gasteiger partial charge in [0.15, 0.2) is 0 Å². The molecule has 1 rings (SSSR count). The summed E-state index contributed by atoms with van der Waals surface area (Å²) in [6.07, 6.45) is -5.31. The zero-order valence-electron chi connectivity index (χ0n) is 9.99. The first-order valence-corrected chi connectivity index (χ1v) is 5.36. The molecule has 2 N–H and O–H groups in total. The van der Waals surface area contributed by atoms with Gasteiger partial charge in [0, 0.05) is 6.42 Å². The molecule has 0 aromatic heterocycles. The first-order valence-electron chi connectivity index (χ1n) is 5.36. The maximum Gasteiger partial charge on any atom is 0.471 e. The van der Waals surface area contributed by atoms with Gasteiger partial charge in [0.1, 0.15) is 6.04 Å². The van der Waals surface area contributed by atoms with E-state index in [-0.39, 0.29) is 6.42 Å². The van der Waals surface area contributed by atoms with E-state index in [4.69, 9.17) is 5.11 Å². The molecule has 19 heavy (non-hydrogen) atoms. The normalized spacial score (nSPS) is 12.8. The molecule has 7 heteroatoms. The molecule has 4 nitrogen and oxygen atoms in total. The van der Waals surface area contributed by atoms with Gasteiger partial charge in [-0.3, -0.25) is 4.79 Å². The number of rotatable bonds is 4. The van der Waals surface area contributed by atoms with E-state index in [0.29, 0.717) is 5.56 Å². The molecule has 0 aliphatic rings. The number of aryl methyl sites for hydroxylation is 1. The smallest absolute Gasteiger partial charge is 0.471 e. The van der Waals surface area contributed by atoms with Crippen LogP contribution < -0.4 is 5.32 Å². The second-order valence-corrected chi connectivity index (χ2v) is 4.06. The number of benzene rings is 1. The van der Waals surface area contributed by atoms with Crippen LogP contribution >= 0.6 is 0 Å². The number of halogens is 3. The summed E-state index contributed by atoms with van der Waals surface area (Å²) in [5, 5.41) is 10.3. The number of carboxylic acids is 1. The number of hydrogen-bond acceptors (Lipinski definition) is 2. The molecule has 0 saturated heterocycles. The van der Waals surface area contributed by atoms with Crippen LogP contribution in [0.25, 0.3) is 0 Å². The standard InChI is InChI=1S/C12H12F3NO3/c1-7-3-2-4-8(5-7)6-9(10(17)18)16-11(19)12(13,14)15/h2-5,9H,6H2,1H3,(H,16,19)(H,17,18). The number of carbonyl (C=O) groups excluding carboxylic acids is 1. The van der Waals surface area contributed by atoms with Crippen LogP contribution in [0.15, 0.2) is 24.3 Å². The lowest BCUT2D eigenvalue weighted by Crippen LogP contribution is -2.47. The monoisotopic (exact) mass is 275 g/mol. The Balaban J connectivity index is 2.80. The Hall–Kier alpha value is -2.05. The number of amides is 1. The van der Waals surface area contributed by atoms with Crippen LogP contribution in [0.1, 0.15) is 11.1 Å². The summed E-state index contributed by atoms with van der Waals surface area (Å²) in [5.41, 5.74) is 1.39. The Labute approximate surface area is 107 Å². The van der Waals surface area contributed by atoms with Crippen molar-refractivity contribution >= 4 is 11.9 Å². The Bertz CT molecular complexity index is 485. The molecule has 0 bridgehead atoms. The highest BCUT2D eigenvalue weighted by Crippen LogP contribution is 2.15. The predicted molar refractivity (Wildman–Crippen MR) is 60.5 cm³/mol. The first-order chi connectivity index (χ1) is 8.70. The predicted octanol–water partition coefficient (Wildman–Crippen LogP) is 1.67. The molecule has 104 valence electrons. The number of aliphatic carboxylic acids is 1. The molecule has 1 amide bonds. The van der Waals surface area contributed by atoms with Crippen molar-refractivity contribution in [2.75, 3.05) is 0 Å². The average Bonchev–Trinajstić information content (AvgIpc) is 2.26. The van der Waals surface area contributed by atoms with Crippen molar-refractivity contribution in [3.05, 3.63) is 35.4 Å². The summed E-state index contributed by atoms with van der Waals surface area (Å²) >= 11 is 0. The third-order valence-electron chi connectivity index (χ3n) is 2.38. The van der Waals surface area contributed by atoms with E-state index in [1.54, 1.807) is 31.2 Å². The highest BCUT2D eigenvalue weighted by Gasteiger charge is 2.40. The molecular formula is C12H12F3NO3. The van der Waals surface area contributed by atoms with Crippen LogP contribution in [0.2, 0.25) is 0 Å². The van der Waals surface area contributed by atoms with Gasteiger partial charge in [-0.05, 0) is 12.5 Å². The van der Waals surface area contributed by atoms with Crippen molar-refractivity contribution < 1.29 is 27.9 Å². The lowest BCUT2D eigenvalue weighted by Gasteiger charge is -2.16. The van der Waals surface area contributed by atoms with Gasteiger partial charge in [-0.15, -0.1) is 0 Å². The molecule has 0 fully saturated rings. The third-order valence-corrected chi connectivity index (χ3v) is 2.38. The van der Waals surface area contributed by atoms with Crippen molar-refractivity contribution in [3.8, 4) is 0 Å². The topological polar surface area (TPSA) is 66.4 Å². The lowest BCUT2D eigenvalue weighted by molar-refractivity contribution is -0.175. The fourth-order valence-corrected chi connectivity index (χ4v) is 1.51. The molecule has 0 saturated carbocycles. The van der Waals surface area contributed by atoms with Crippen LogP contribution in [0.4, 0.5) is 13.2 Å². The van der Waals surface area contributed by atoms with Gasteiger partial charge >= 0.3 is 18.1 Å². The fourth-order valence-electron chi connectivity index (χ4n) is 1.51. The summed E-state index contributed by atoms with van der Waals surface area (Å²) < 4.78 is 36.2. The van der Waals surface area contributed by atoms with Gasteiger partial charge < -0.3 is 10.4 Å². The molecule has 1 aromatic carbocycles. The Morgan fingerprint density at radius 3 is 2.47 bits per heavy atom. The Morgan fingerprint density at radius 1 is 1.37 bits per heavy atom. The van der Waals surface area contributed by atoms with Crippen molar-refractivity contribution in [3.63, 3.8) is 0 Å². The minimum absolute atomic E-state index is 0.209. The molecule has 0 aliphatic carbocycles. The molecular weight excluding hydrogens is 263 g/mol. The van der Waals surface area contributed by atoms with Gasteiger partial charge in [0.05, 0.1) is 0 Å². The zero-order valence-corrected chi connectivity index (χ0v) is 9.99. The van der Waals surface area contributed by atoms with E-state index in [1.807, 2.05) is 0 Å². The highest BCUT2D eigenvalue weighted by molar-refractivity contribution is 5.87. The molecule has 1 unspecified atom stereocenters. The Morgan fingerprint density at radius 2 is 2.00 bits per heavy atom. The van der Waals surface area contributed by atoms with E-state index in [2.05, 4.69) is 0 Å². The maximum atomic E-state index is 12.1. The van der Waals surface area contributed by atoms with E-state index in [9.17, 15) is 22.8 Å². The molecule has 0 radical (unpaired) electrons. The summed E-state index contributed by atoms with van der Waals surface area (Å²) in [6.45, 7) is 1.77. The summed E-state index contributed by atoms with van der Waals surface area (Å²) in [4.78, 5) is 21.6. The van der Waals surface area contributed by atoms with Gasteiger partial charge in [-0.25, -0.2) is 4.79 Å². The summed E-state index contributed by atoms with van der Waals surface area (Å²) in [7, 11) is 0. The van der Waals surface area contributed by atoms with Crippen LogP contribution in [0.5, 0.6) is 0 Å². The lowest BCUT2D eigenvalue weighted by atomic mass is 10.0. The zero-order chi connectivity index (χ0) is 14.6. The first kappa shape index (κ1) is 15.0. The molecule has 1 atom stereocenters. The fraction of sp³-hybridized carbons (Fsp3) is 0.333. The van der Waals surface area contributed by atoms with E-state index in [1.165, 1.54) is 5.32 Å². The second kappa shape index (κ2) is 5.73. The quantitative estimate of drug-likeness (QED) is 0.878. The van der Waals surface area contributed by atoms with Gasteiger partial charge in [-0.2, -0.15) is 13.2 Å². The van der Waals surface area contributed by atoms with Crippen molar-refractivity contribution in [1.29, 1.82) is 0 Å². The minimum Gasteiger partial charge on any atom is -0.480 e. The highest BCUT2D eigenvalue weighted by atomic mass is 19.4. The maximum absolute atomic E-state index is 12.1. The second-order valence-electron chi connectivity index (χ2n) is 4.06. The van der Waals surface area contributed by atoms with Crippen molar-refractivity contribution in [2.45, 2.75) is 25.6 Å². The van der Waals surface area contributed by atoms with Gasteiger partial charge in [0.2, 0.25) is 0 Å². The number of alkyl halides is 3. The van der Waals surface area contributed by atoms with Crippen LogP contribution in [-0.2, 0) is 16.0 Å². The van der Waals surface area contributed by atoms with Crippen molar-refractivity contribution in [2.24, 2.45) is 0 Å².